The fourth-order valence-corrected chi connectivity index (χ4v) is 1.38. The second kappa shape index (κ2) is 3.69. The Morgan fingerprint density at radius 3 is 2.67 bits per heavy atom. The van der Waals surface area contributed by atoms with Gasteiger partial charge < -0.3 is 5.73 Å². The Morgan fingerprint density at radius 1 is 1.27 bits per heavy atom. The van der Waals surface area contributed by atoms with Crippen LogP contribution in [-0.4, -0.2) is 4.98 Å². The highest BCUT2D eigenvalue weighted by molar-refractivity contribution is 5.63. The summed E-state index contributed by atoms with van der Waals surface area (Å²) in [5.41, 5.74) is 8.29. The normalized spacial score (nSPS) is 10.3. The topological polar surface area (TPSA) is 38.9 Å². The highest BCUT2D eigenvalue weighted by Gasteiger charge is 2.06. The smallest absolute Gasteiger partial charge is 0.132 e. The molecule has 0 atom stereocenters. The molecule has 15 heavy (non-hydrogen) atoms. The van der Waals surface area contributed by atoms with Crippen LogP contribution in [0.2, 0.25) is 0 Å². The first-order valence-corrected chi connectivity index (χ1v) is 4.65. The third-order valence-corrected chi connectivity index (χ3v) is 2.30. The van der Waals surface area contributed by atoms with E-state index in [0.717, 1.165) is 5.56 Å². The first-order chi connectivity index (χ1) is 7.18. The Labute approximate surface area is 87.6 Å². The van der Waals surface area contributed by atoms with E-state index in [4.69, 9.17) is 5.73 Å². The lowest BCUT2D eigenvalue weighted by molar-refractivity contribution is 0.630. The summed E-state index contributed by atoms with van der Waals surface area (Å²) in [5.74, 6) is -0.269. The van der Waals surface area contributed by atoms with Crippen LogP contribution >= 0.6 is 0 Å². The molecule has 0 saturated heterocycles. The van der Waals surface area contributed by atoms with Crippen LogP contribution in [0.25, 0.3) is 11.3 Å². The molecule has 76 valence electrons. The van der Waals surface area contributed by atoms with Crippen molar-refractivity contribution < 1.29 is 4.39 Å². The summed E-state index contributed by atoms with van der Waals surface area (Å²) in [6.45, 7) is 1.88. The lowest BCUT2D eigenvalue weighted by Crippen LogP contribution is -1.94. The standard InChI is InChI=1S/C12H11FN2/c1-8-6-12(15-7-11(8)14)9-4-2-3-5-10(9)13/h2-7H,14H2,1H3. The molecule has 3 heteroatoms. The number of nitrogen functional groups attached to an aromatic ring is 1. The molecule has 1 aromatic carbocycles. The van der Waals surface area contributed by atoms with Gasteiger partial charge in [0.15, 0.2) is 0 Å². The molecular weight excluding hydrogens is 191 g/mol. The number of nitrogens with zero attached hydrogens (tertiary/aromatic N) is 1. The van der Waals surface area contributed by atoms with Crippen molar-refractivity contribution in [3.8, 4) is 11.3 Å². The third-order valence-electron chi connectivity index (χ3n) is 2.30. The minimum absolute atomic E-state index is 0.269. The Kier molecular flexibility index (Phi) is 2.37. The number of anilines is 1. The molecule has 0 aliphatic carbocycles. The van der Waals surface area contributed by atoms with Crippen LogP contribution in [0.3, 0.4) is 0 Å². The van der Waals surface area contributed by atoms with E-state index in [9.17, 15) is 4.39 Å². The molecule has 0 aliphatic heterocycles. The zero-order valence-corrected chi connectivity index (χ0v) is 8.37. The molecule has 2 rings (SSSR count). The number of hydrogen-bond donors (Lipinski definition) is 1. The van der Waals surface area contributed by atoms with Gasteiger partial charge in [-0.05, 0) is 30.7 Å². The molecule has 0 radical (unpaired) electrons. The molecule has 1 aromatic heterocycles. The first kappa shape index (κ1) is 9.65. The Morgan fingerprint density at radius 2 is 2.00 bits per heavy atom. The largest absolute Gasteiger partial charge is 0.397 e. The minimum atomic E-state index is -0.269. The van der Waals surface area contributed by atoms with Crippen LogP contribution in [0, 0.1) is 12.7 Å². The fraction of sp³-hybridized carbons (Fsp3) is 0.0833. The number of nitrogens with two attached hydrogens (primary N) is 1. The van der Waals surface area contributed by atoms with Crippen molar-refractivity contribution in [1.29, 1.82) is 0 Å². The average Bonchev–Trinajstić information content (AvgIpc) is 2.23. The van der Waals surface area contributed by atoms with Crippen LogP contribution < -0.4 is 5.73 Å². The zero-order valence-electron chi connectivity index (χ0n) is 8.37. The SMILES string of the molecule is Cc1cc(-c2ccccc2F)ncc1N. The third kappa shape index (κ3) is 1.81. The van der Waals surface area contributed by atoms with Crippen molar-refractivity contribution in [3.63, 3.8) is 0 Å². The van der Waals surface area contributed by atoms with Gasteiger partial charge in [0, 0.05) is 5.56 Å². The lowest BCUT2D eigenvalue weighted by Gasteiger charge is -2.05. The number of rotatable bonds is 1. The van der Waals surface area contributed by atoms with Gasteiger partial charge in [0.05, 0.1) is 17.6 Å². The maximum Gasteiger partial charge on any atom is 0.132 e. The molecule has 2 aromatic rings. The van der Waals surface area contributed by atoms with Gasteiger partial charge in [-0.15, -0.1) is 0 Å². The van der Waals surface area contributed by atoms with E-state index in [1.807, 2.05) is 6.92 Å². The number of pyridine rings is 1. The molecule has 0 saturated carbocycles. The number of aryl methyl sites for hydroxylation is 1. The molecule has 0 aliphatic rings. The summed E-state index contributed by atoms with van der Waals surface area (Å²) in [6.07, 6.45) is 1.55. The summed E-state index contributed by atoms with van der Waals surface area (Å²) in [6, 6.07) is 8.35. The van der Waals surface area contributed by atoms with Crippen molar-refractivity contribution in [2.45, 2.75) is 6.92 Å². The van der Waals surface area contributed by atoms with Crippen molar-refractivity contribution in [2.24, 2.45) is 0 Å². The Balaban J connectivity index is 2.55. The van der Waals surface area contributed by atoms with Crippen molar-refractivity contribution in [1.82, 2.24) is 4.98 Å². The highest BCUT2D eigenvalue weighted by atomic mass is 19.1. The predicted octanol–water partition coefficient (Wildman–Crippen LogP) is 2.78. The Bertz CT molecular complexity index is 495. The summed E-state index contributed by atoms with van der Waals surface area (Å²) in [5, 5.41) is 0. The highest BCUT2D eigenvalue weighted by Crippen LogP contribution is 2.22. The molecule has 0 bridgehead atoms. The van der Waals surface area contributed by atoms with Crippen molar-refractivity contribution in [3.05, 3.63) is 47.9 Å². The van der Waals surface area contributed by atoms with Gasteiger partial charge in [0.25, 0.3) is 0 Å². The number of benzene rings is 1. The lowest BCUT2D eigenvalue weighted by atomic mass is 10.1. The van der Waals surface area contributed by atoms with Gasteiger partial charge >= 0.3 is 0 Å². The van der Waals surface area contributed by atoms with Crippen molar-refractivity contribution in [2.75, 3.05) is 5.73 Å². The van der Waals surface area contributed by atoms with E-state index in [0.29, 0.717) is 16.9 Å². The molecule has 2 N–H and O–H groups in total. The predicted molar refractivity (Wildman–Crippen MR) is 58.8 cm³/mol. The quantitative estimate of drug-likeness (QED) is 0.772. The van der Waals surface area contributed by atoms with E-state index >= 15 is 0 Å². The molecule has 0 fully saturated rings. The molecule has 0 spiro atoms. The average molecular weight is 202 g/mol. The first-order valence-electron chi connectivity index (χ1n) is 4.65. The molecule has 0 unspecified atom stereocenters. The summed E-state index contributed by atoms with van der Waals surface area (Å²) in [4.78, 5) is 4.11. The summed E-state index contributed by atoms with van der Waals surface area (Å²) >= 11 is 0. The van der Waals surface area contributed by atoms with E-state index in [1.165, 1.54) is 6.07 Å². The molecule has 1 heterocycles. The Hall–Kier alpha value is -1.90. The van der Waals surface area contributed by atoms with Gasteiger partial charge in [0.2, 0.25) is 0 Å². The molecule has 0 amide bonds. The van der Waals surface area contributed by atoms with Gasteiger partial charge in [-0.2, -0.15) is 0 Å². The van der Waals surface area contributed by atoms with E-state index in [2.05, 4.69) is 4.98 Å². The fourth-order valence-electron chi connectivity index (χ4n) is 1.38. The van der Waals surface area contributed by atoms with Crippen LogP contribution in [0.15, 0.2) is 36.5 Å². The van der Waals surface area contributed by atoms with Crippen molar-refractivity contribution >= 4 is 5.69 Å². The van der Waals surface area contributed by atoms with Crippen LogP contribution in [0.1, 0.15) is 5.56 Å². The van der Waals surface area contributed by atoms with E-state index in [-0.39, 0.29) is 5.82 Å². The second-order valence-corrected chi connectivity index (χ2v) is 3.41. The molecular formula is C12H11FN2. The van der Waals surface area contributed by atoms with Crippen LogP contribution in [-0.2, 0) is 0 Å². The molecule has 2 nitrogen and oxygen atoms in total. The number of hydrogen-bond acceptors (Lipinski definition) is 2. The maximum absolute atomic E-state index is 13.4. The number of aromatic nitrogens is 1. The van der Waals surface area contributed by atoms with Gasteiger partial charge in [0.1, 0.15) is 5.82 Å². The minimum Gasteiger partial charge on any atom is -0.397 e. The second-order valence-electron chi connectivity index (χ2n) is 3.41. The van der Waals surface area contributed by atoms with E-state index < -0.39 is 0 Å². The van der Waals surface area contributed by atoms with Crippen LogP contribution in [0.4, 0.5) is 10.1 Å². The zero-order chi connectivity index (χ0) is 10.8. The van der Waals surface area contributed by atoms with Gasteiger partial charge in [-0.3, -0.25) is 4.98 Å². The van der Waals surface area contributed by atoms with E-state index in [1.54, 1.807) is 30.5 Å². The summed E-state index contributed by atoms with van der Waals surface area (Å²) in [7, 11) is 0. The van der Waals surface area contributed by atoms with Gasteiger partial charge in [-0.1, -0.05) is 12.1 Å². The van der Waals surface area contributed by atoms with Crippen LogP contribution in [0.5, 0.6) is 0 Å². The maximum atomic E-state index is 13.4. The summed E-state index contributed by atoms with van der Waals surface area (Å²) < 4.78 is 13.4. The monoisotopic (exact) mass is 202 g/mol. The van der Waals surface area contributed by atoms with Gasteiger partial charge in [-0.25, -0.2) is 4.39 Å². The number of halogens is 1.